The average molecular weight is 319 g/mol. The summed E-state index contributed by atoms with van der Waals surface area (Å²) in [6, 6.07) is 12.0. The Balaban J connectivity index is 1.98. The van der Waals surface area contributed by atoms with Gasteiger partial charge in [-0.05, 0) is 37.6 Å². The number of rotatable bonds is 5. The highest BCUT2D eigenvalue weighted by atomic mass is 15.2. The zero-order valence-electron chi connectivity index (χ0n) is 14.2. The van der Waals surface area contributed by atoms with Crippen LogP contribution in [0, 0.1) is 0 Å². The van der Waals surface area contributed by atoms with Crippen molar-refractivity contribution >= 4 is 5.82 Å². The Labute approximate surface area is 142 Å². The Hall–Kier alpha value is -2.82. The number of aryl methyl sites for hydroxylation is 1. The van der Waals surface area contributed by atoms with Crippen LogP contribution in [-0.2, 0) is 6.42 Å². The molecule has 3 aromatic rings. The van der Waals surface area contributed by atoms with E-state index in [4.69, 9.17) is 4.98 Å². The molecule has 3 rings (SSSR count). The Morgan fingerprint density at radius 2 is 1.83 bits per heavy atom. The largest absolute Gasteiger partial charge is 0.351 e. The Bertz CT molecular complexity index is 789. The molecule has 122 valence electrons. The number of anilines is 1. The van der Waals surface area contributed by atoms with Crippen molar-refractivity contribution in [3.8, 4) is 11.4 Å². The van der Waals surface area contributed by atoms with E-state index in [2.05, 4.69) is 33.7 Å². The van der Waals surface area contributed by atoms with Gasteiger partial charge in [-0.25, -0.2) is 9.97 Å². The quantitative estimate of drug-likeness (QED) is 0.718. The fourth-order valence-corrected chi connectivity index (χ4v) is 2.49. The number of hydrogen-bond donors (Lipinski definition) is 0. The van der Waals surface area contributed by atoms with Crippen molar-refractivity contribution in [2.75, 3.05) is 11.9 Å². The second-order valence-corrected chi connectivity index (χ2v) is 5.67. The van der Waals surface area contributed by atoms with Gasteiger partial charge in [0.2, 0.25) is 0 Å². The van der Waals surface area contributed by atoms with E-state index < -0.39 is 0 Å². The van der Waals surface area contributed by atoms with Crippen LogP contribution < -0.4 is 4.90 Å². The molecule has 3 heterocycles. The van der Waals surface area contributed by atoms with Gasteiger partial charge >= 0.3 is 0 Å². The second kappa shape index (κ2) is 7.17. The lowest BCUT2D eigenvalue weighted by Crippen LogP contribution is -2.24. The summed E-state index contributed by atoms with van der Waals surface area (Å²) in [5.41, 5.74) is 3.01. The molecule has 24 heavy (non-hydrogen) atoms. The van der Waals surface area contributed by atoms with Gasteiger partial charge in [0.25, 0.3) is 0 Å². The average Bonchev–Trinajstić information content (AvgIpc) is 2.67. The molecule has 5 heteroatoms. The number of pyridine rings is 2. The predicted octanol–water partition coefficient (Wildman–Crippen LogP) is 3.69. The van der Waals surface area contributed by atoms with Crippen LogP contribution in [0.25, 0.3) is 11.4 Å². The van der Waals surface area contributed by atoms with Crippen LogP contribution in [0.2, 0.25) is 0 Å². The van der Waals surface area contributed by atoms with Gasteiger partial charge in [0.05, 0.1) is 11.7 Å². The summed E-state index contributed by atoms with van der Waals surface area (Å²) >= 11 is 0. The van der Waals surface area contributed by atoms with E-state index in [1.165, 1.54) is 0 Å². The Morgan fingerprint density at radius 1 is 1.04 bits per heavy atom. The molecule has 0 amide bonds. The molecule has 0 aromatic carbocycles. The zero-order chi connectivity index (χ0) is 16.9. The molecule has 0 spiro atoms. The molecule has 0 N–H and O–H groups in total. The van der Waals surface area contributed by atoms with Gasteiger partial charge < -0.3 is 4.90 Å². The molecule has 1 atom stereocenters. The standard InChI is InChI=1S/C19H21N5/c1-4-16-13-18(23-19(22-16)15-8-11-20-12-9-15)24(3)14(2)17-7-5-6-10-21-17/h5-14H,4H2,1-3H3/t14-/m0/s1. The lowest BCUT2D eigenvalue weighted by atomic mass is 10.2. The summed E-state index contributed by atoms with van der Waals surface area (Å²) in [6.07, 6.45) is 6.20. The lowest BCUT2D eigenvalue weighted by molar-refractivity contribution is 0.702. The highest BCUT2D eigenvalue weighted by molar-refractivity contribution is 5.57. The Morgan fingerprint density at radius 3 is 2.50 bits per heavy atom. The predicted molar refractivity (Wildman–Crippen MR) is 95.7 cm³/mol. The third kappa shape index (κ3) is 3.40. The first kappa shape index (κ1) is 16.1. The maximum atomic E-state index is 4.76. The van der Waals surface area contributed by atoms with E-state index >= 15 is 0 Å². The van der Waals surface area contributed by atoms with Crippen LogP contribution in [0.3, 0.4) is 0 Å². The van der Waals surface area contributed by atoms with Crippen LogP contribution in [0.5, 0.6) is 0 Å². The molecule has 0 bridgehead atoms. The van der Waals surface area contributed by atoms with Gasteiger partial charge in [-0.1, -0.05) is 13.0 Å². The van der Waals surface area contributed by atoms with Gasteiger partial charge in [0.15, 0.2) is 5.82 Å². The monoisotopic (exact) mass is 319 g/mol. The molecular formula is C19H21N5. The highest BCUT2D eigenvalue weighted by Gasteiger charge is 2.16. The van der Waals surface area contributed by atoms with Crippen molar-refractivity contribution in [1.82, 2.24) is 19.9 Å². The molecule has 0 aliphatic rings. The van der Waals surface area contributed by atoms with E-state index in [9.17, 15) is 0 Å². The number of nitrogens with zero attached hydrogens (tertiary/aromatic N) is 5. The molecule has 0 radical (unpaired) electrons. The lowest BCUT2D eigenvalue weighted by Gasteiger charge is -2.26. The van der Waals surface area contributed by atoms with Gasteiger partial charge in [0.1, 0.15) is 5.82 Å². The zero-order valence-corrected chi connectivity index (χ0v) is 14.2. The molecule has 0 unspecified atom stereocenters. The van der Waals surface area contributed by atoms with Crippen molar-refractivity contribution in [1.29, 1.82) is 0 Å². The van der Waals surface area contributed by atoms with Crippen molar-refractivity contribution in [3.63, 3.8) is 0 Å². The summed E-state index contributed by atoms with van der Waals surface area (Å²) in [7, 11) is 2.04. The molecular weight excluding hydrogens is 298 g/mol. The van der Waals surface area contributed by atoms with Crippen molar-refractivity contribution in [2.24, 2.45) is 0 Å². The summed E-state index contributed by atoms with van der Waals surface area (Å²) in [6.45, 7) is 4.23. The maximum Gasteiger partial charge on any atom is 0.161 e. The van der Waals surface area contributed by atoms with Crippen LogP contribution >= 0.6 is 0 Å². The molecule has 0 fully saturated rings. The van der Waals surface area contributed by atoms with Crippen LogP contribution in [0.15, 0.2) is 55.0 Å². The smallest absolute Gasteiger partial charge is 0.161 e. The van der Waals surface area contributed by atoms with E-state index in [0.717, 1.165) is 35.0 Å². The van der Waals surface area contributed by atoms with Gasteiger partial charge in [-0.3, -0.25) is 9.97 Å². The van der Waals surface area contributed by atoms with Gasteiger partial charge in [-0.2, -0.15) is 0 Å². The first-order valence-electron chi connectivity index (χ1n) is 8.11. The van der Waals surface area contributed by atoms with Crippen molar-refractivity contribution in [3.05, 3.63) is 66.4 Å². The summed E-state index contributed by atoms with van der Waals surface area (Å²) in [5, 5.41) is 0. The first-order chi connectivity index (χ1) is 11.7. The molecule has 0 saturated heterocycles. The summed E-state index contributed by atoms with van der Waals surface area (Å²) in [4.78, 5) is 20.1. The Kier molecular flexibility index (Phi) is 4.79. The van der Waals surface area contributed by atoms with Crippen molar-refractivity contribution in [2.45, 2.75) is 26.3 Å². The van der Waals surface area contributed by atoms with E-state index in [-0.39, 0.29) is 6.04 Å². The van der Waals surface area contributed by atoms with Gasteiger partial charge in [0, 0.05) is 43.0 Å². The third-order valence-corrected chi connectivity index (χ3v) is 4.12. The molecule has 5 nitrogen and oxygen atoms in total. The minimum atomic E-state index is 0.121. The fraction of sp³-hybridized carbons (Fsp3) is 0.263. The fourth-order valence-electron chi connectivity index (χ4n) is 2.49. The van der Waals surface area contributed by atoms with Gasteiger partial charge in [-0.15, -0.1) is 0 Å². The minimum absolute atomic E-state index is 0.121. The molecule has 0 aliphatic carbocycles. The molecule has 0 aliphatic heterocycles. The second-order valence-electron chi connectivity index (χ2n) is 5.67. The van der Waals surface area contributed by atoms with E-state index in [0.29, 0.717) is 0 Å². The SMILES string of the molecule is CCc1cc(N(C)[C@@H](C)c2ccccn2)nc(-c2ccncc2)n1. The number of aromatic nitrogens is 4. The third-order valence-electron chi connectivity index (χ3n) is 4.12. The minimum Gasteiger partial charge on any atom is -0.351 e. The summed E-state index contributed by atoms with van der Waals surface area (Å²) in [5.74, 6) is 1.62. The van der Waals surface area contributed by atoms with Crippen LogP contribution in [-0.4, -0.2) is 27.0 Å². The van der Waals surface area contributed by atoms with Crippen LogP contribution in [0.1, 0.15) is 31.3 Å². The maximum absolute atomic E-state index is 4.76. The number of hydrogen-bond acceptors (Lipinski definition) is 5. The molecule has 3 aromatic heterocycles. The van der Waals surface area contributed by atoms with Crippen molar-refractivity contribution < 1.29 is 0 Å². The summed E-state index contributed by atoms with van der Waals surface area (Å²) < 4.78 is 0. The van der Waals surface area contributed by atoms with E-state index in [1.807, 2.05) is 49.6 Å². The topological polar surface area (TPSA) is 54.8 Å². The van der Waals surface area contributed by atoms with Crippen LogP contribution in [0.4, 0.5) is 5.82 Å². The first-order valence-corrected chi connectivity index (χ1v) is 8.11. The highest BCUT2D eigenvalue weighted by Crippen LogP contribution is 2.25. The normalized spacial score (nSPS) is 12.0. The molecule has 0 saturated carbocycles. The van der Waals surface area contributed by atoms with E-state index in [1.54, 1.807) is 12.4 Å².